The predicted molar refractivity (Wildman–Crippen MR) is 81.2 cm³/mol. The Labute approximate surface area is 127 Å². The highest BCUT2D eigenvalue weighted by Crippen LogP contribution is 2.33. The minimum Gasteiger partial charge on any atom is -0.481 e. The van der Waals surface area contributed by atoms with Crippen molar-refractivity contribution in [3.8, 4) is 0 Å². The van der Waals surface area contributed by atoms with E-state index in [9.17, 15) is 14.7 Å². The SMILES string of the molecule is CCC1(C(=O)O)CCCN(C(=O)NC2CCCCCC2)C1. The Balaban J connectivity index is 1.93. The number of piperidine rings is 1. The molecule has 1 aliphatic carbocycles. The van der Waals surface area contributed by atoms with Gasteiger partial charge in [-0.15, -0.1) is 0 Å². The molecule has 2 N–H and O–H groups in total. The van der Waals surface area contributed by atoms with E-state index in [1.54, 1.807) is 4.90 Å². The smallest absolute Gasteiger partial charge is 0.317 e. The highest BCUT2D eigenvalue weighted by atomic mass is 16.4. The van der Waals surface area contributed by atoms with Gasteiger partial charge in [0.1, 0.15) is 0 Å². The number of nitrogens with zero attached hydrogens (tertiary/aromatic N) is 1. The Morgan fingerprint density at radius 3 is 2.43 bits per heavy atom. The maximum Gasteiger partial charge on any atom is 0.317 e. The van der Waals surface area contributed by atoms with Crippen molar-refractivity contribution in [1.82, 2.24) is 10.2 Å². The monoisotopic (exact) mass is 296 g/mol. The summed E-state index contributed by atoms with van der Waals surface area (Å²) in [4.78, 5) is 25.7. The number of carbonyl (C=O) groups is 2. The van der Waals surface area contributed by atoms with E-state index < -0.39 is 11.4 Å². The normalized spacial score (nSPS) is 28.0. The van der Waals surface area contributed by atoms with Crippen molar-refractivity contribution in [3.63, 3.8) is 0 Å². The number of carboxylic acids is 1. The molecule has 2 rings (SSSR count). The van der Waals surface area contributed by atoms with E-state index in [-0.39, 0.29) is 12.1 Å². The lowest BCUT2D eigenvalue weighted by Crippen LogP contribution is -2.53. The van der Waals surface area contributed by atoms with Gasteiger partial charge < -0.3 is 15.3 Å². The molecule has 2 fully saturated rings. The molecule has 0 spiro atoms. The number of hydrogen-bond acceptors (Lipinski definition) is 2. The van der Waals surface area contributed by atoms with Crippen LogP contribution in [0.15, 0.2) is 0 Å². The zero-order valence-corrected chi connectivity index (χ0v) is 13.1. The van der Waals surface area contributed by atoms with Gasteiger partial charge in [0.05, 0.1) is 5.41 Å². The molecule has 1 atom stereocenters. The van der Waals surface area contributed by atoms with Crippen LogP contribution in [-0.4, -0.2) is 41.1 Å². The van der Waals surface area contributed by atoms with Crippen LogP contribution in [0.4, 0.5) is 4.79 Å². The summed E-state index contributed by atoms with van der Waals surface area (Å²) in [6, 6.07) is 0.198. The summed E-state index contributed by atoms with van der Waals surface area (Å²) in [5, 5.41) is 12.6. The average molecular weight is 296 g/mol. The highest BCUT2D eigenvalue weighted by molar-refractivity contribution is 5.79. The van der Waals surface area contributed by atoms with E-state index in [0.29, 0.717) is 25.9 Å². The quantitative estimate of drug-likeness (QED) is 0.787. The molecule has 2 amide bonds. The summed E-state index contributed by atoms with van der Waals surface area (Å²) in [6.07, 6.45) is 9.01. The lowest BCUT2D eigenvalue weighted by atomic mass is 9.78. The van der Waals surface area contributed by atoms with Crippen LogP contribution in [0, 0.1) is 5.41 Å². The van der Waals surface area contributed by atoms with Crippen molar-refractivity contribution in [2.45, 2.75) is 70.8 Å². The number of likely N-dealkylation sites (tertiary alicyclic amines) is 1. The fourth-order valence-corrected chi connectivity index (χ4v) is 3.61. The molecular formula is C16H28N2O3. The molecular weight excluding hydrogens is 268 g/mol. The molecule has 21 heavy (non-hydrogen) atoms. The molecule has 1 unspecified atom stereocenters. The Hall–Kier alpha value is -1.26. The van der Waals surface area contributed by atoms with E-state index >= 15 is 0 Å². The molecule has 0 aromatic heterocycles. The van der Waals surface area contributed by atoms with Gasteiger partial charge in [-0.05, 0) is 32.1 Å². The Morgan fingerprint density at radius 1 is 1.19 bits per heavy atom. The molecule has 5 heteroatoms. The van der Waals surface area contributed by atoms with Crippen molar-refractivity contribution in [2.24, 2.45) is 5.41 Å². The molecule has 1 saturated heterocycles. The second-order valence-corrected chi connectivity index (χ2v) is 6.60. The van der Waals surface area contributed by atoms with E-state index in [2.05, 4.69) is 5.32 Å². The lowest BCUT2D eigenvalue weighted by Gasteiger charge is -2.39. The average Bonchev–Trinajstić information content (AvgIpc) is 2.75. The molecule has 1 heterocycles. The van der Waals surface area contributed by atoms with Crippen LogP contribution in [-0.2, 0) is 4.79 Å². The third-order valence-corrected chi connectivity index (χ3v) is 5.18. The third-order valence-electron chi connectivity index (χ3n) is 5.18. The highest BCUT2D eigenvalue weighted by Gasteiger charge is 2.42. The molecule has 1 aliphatic heterocycles. The van der Waals surface area contributed by atoms with Gasteiger partial charge in [0, 0.05) is 19.1 Å². The second kappa shape index (κ2) is 7.14. The molecule has 1 saturated carbocycles. The standard InChI is InChI=1S/C16H28N2O3/c1-2-16(14(19)20)10-7-11-18(12-16)15(21)17-13-8-5-3-4-6-9-13/h13H,2-12H2,1H3,(H,17,21)(H,19,20). The minimum atomic E-state index is -0.767. The van der Waals surface area contributed by atoms with Crippen LogP contribution < -0.4 is 5.32 Å². The Bertz CT molecular complexity index is 378. The zero-order chi connectivity index (χ0) is 15.3. The van der Waals surface area contributed by atoms with E-state index in [0.717, 1.165) is 19.3 Å². The first kappa shape index (κ1) is 16.1. The van der Waals surface area contributed by atoms with Crippen LogP contribution in [0.3, 0.4) is 0 Å². The molecule has 0 aromatic carbocycles. The fourth-order valence-electron chi connectivity index (χ4n) is 3.61. The Kier molecular flexibility index (Phi) is 5.48. The molecule has 5 nitrogen and oxygen atoms in total. The number of carboxylic acid groups (broad SMARTS) is 1. The lowest BCUT2D eigenvalue weighted by molar-refractivity contribution is -0.152. The topological polar surface area (TPSA) is 69.6 Å². The van der Waals surface area contributed by atoms with Gasteiger partial charge in [0.25, 0.3) is 0 Å². The van der Waals surface area contributed by atoms with Gasteiger partial charge >= 0.3 is 12.0 Å². The Morgan fingerprint density at radius 2 is 1.86 bits per heavy atom. The molecule has 0 radical (unpaired) electrons. The first-order valence-corrected chi connectivity index (χ1v) is 8.36. The first-order valence-electron chi connectivity index (χ1n) is 8.36. The van der Waals surface area contributed by atoms with Crippen molar-refractivity contribution < 1.29 is 14.7 Å². The van der Waals surface area contributed by atoms with Crippen LogP contribution in [0.2, 0.25) is 0 Å². The third kappa shape index (κ3) is 3.89. The van der Waals surface area contributed by atoms with Gasteiger partial charge in [-0.25, -0.2) is 4.79 Å². The number of nitrogens with one attached hydrogen (secondary N) is 1. The number of urea groups is 1. The minimum absolute atomic E-state index is 0.0688. The van der Waals surface area contributed by atoms with Crippen molar-refractivity contribution >= 4 is 12.0 Å². The number of aliphatic carboxylic acids is 1. The first-order chi connectivity index (χ1) is 10.1. The zero-order valence-electron chi connectivity index (χ0n) is 13.1. The number of rotatable bonds is 3. The van der Waals surface area contributed by atoms with Crippen LogP contribution in [0.25, 0.3) is 0 Å². The van der Waals surface area contributed by atoms with Gasteiger partial charge in [-0.3, -0.25) is 4.79 Å². The summed E-state index contributed by atoms with van der Waals surface area (Å²) < 4.78 is 0. The fraction of sp³-hybridized carbons (Fsp3) is 0.875. The van der Waals surface area contributed by atoms with Crippen molar-refractivity contribution in [2.75, 3.05) is 13.1 Å². The van der Waals surface area contributed by atoms with Gasteiger partial charge in [0.15, 0.2) is 0 Å². The van der Waals surface area contributed by atoms with Gasteiger partial charge in [-0.2, -0.15) is 0 Å². The predicted octanol–water partition coefficient (Wildman–Crippen LogP) is 3.00. The van der Waals surface area contributed by atoms with Gasteiger partial charge in [-0.1, -0.05) is 32.6 Å². The number of carbonyl (C=O) groups excluding carboxylic acids is 1. The maximum absolute atomic E-state index is 12.4. The summed E-state index contributed by atoms with van der Waals surface area (Å²) in [5.41, 5.74) is -0.751. The van der Waals surface area contributed by atoms with Crippen molar-refractivity contribution in [1.29, 1.82) is 0 Å². The van der Waals surface area contributed by atoms with Gasteiger partial charge in [0.2, 0.25) is 0 Å². The summed E-state index contributed by atoms with van der Waals surface area (Å²) in [7, 11) is 0. The maximum atomic E-state index is 12.4. The van der Waals surface area contributed by atoms with Crippen molar-refractivity contribution in [3.05, 3.63) is 0 Å². The van der Waals surface area contributed by atoms with E-state index in [1.165, 1.54) is 25.7 Å². The number of hydrogen-bond donors (Lipinski definition) is 2. The molecule has 2 aliphatic rings. The van der Waals surface area contributed by atoms with Crippen LogP contribution in [0.5, 0.6) is 0 Å². The van der Waals surface area contributed by atoms with Crippen LogP contribution >= 0.6 is 0 Å². The molecule has 0 aromatic rings. The molecule has 120 valence electrons. The van der Waals surface area contributed by atoms with E-state index in [4.69, 9.17) is 0 Å². The number of amides is 2. The summed E-state index contributed by atoms with van der Waals surface area (Å²) >= 11 is 0. The van der Waals surface area contributed by atoms with Crippen LogP contribution in [0.1, 0.15) is 64.7 Å². The molecule has 0 bridgehead atoms. The second-order valence-electron chi connectivity index (χ2n) is 6.60. The summed E-state index contributed by atoms with van der Waals surface area (Å²) in [5.74, 6) is -0.767. The van der Waals surface area contributed by atoms with E-state index in [1.807, 2.05) is 6.92 Å². The largest absolute Gasteiger partial charge is 0.481 e. The summed E-state index contributed by atoms with van der Waals surface area (Å²) in [6.45, 7) is 2.92.